The molecule has 0 spiro atoms. The zero-order valence-electron chi connectivity index (χ0n) is 47.9. The fraction of sp³-hybridized carbons (Fsp3) is 1.00. The first kappa shape index (κ1) is 64.1. The van der Waals surface area contributed by atoms with Crippen molar-refractivity contribution < 1.29 is 0 Å². The van der Waals surface area contributed by atoms with E-state index in [2.05, 4.69) is 69.2 Å². The molecule has 0 atom stereocenters. The van der Waals surface area contributed by atoms with Crippen molar-refractivity contribution in [2.75, 3.05) is 0 Å². The zero-order chi connectivity index (χ0) is 47.9. The van der Waals surface area contributed by atoms with Crippen molar-refractivity contribution in [1.82, 2.24) is 0 Å². The van der Waals surface area contributed by atoms with Gasteiger partial charge in [0.2, 0.25) is 0 Å². The lowest BCUT2D eigenvalue weighted by molar-refractivity contribution is 0.674. The van der Waals surface area contributed by atoms with Gasteiger partial charge in [-0.25, -0.2) is 0 Å². The van der Waals surface area contributed by atoms with Gasteiger partial charge in [0, 0.05) is 35.5 Å². The second-order valence-corrected chi connectivity index (χ2v) is 75.6. The summed E-state index contributed by atoms with van der Waals surface area (Å²) in [6, 6.07) is 19.1. The van der Waals surface area contributed by atoms with E-state index in [0.29, 0.717) is 0 Å². The second kappa shape index (κ2) is 40.7. The summed E-state index contributed by atoms with van der Waals surface area (Å²) >= 11 is 0. The molecule has 0 aromatic rings. The third-order valence-electron chi connectivity index (χ3n) is 19.2. The number of hydrogen-bond donors (Lipinski definition) is 0. The van der Waals surface area contributed by atoms with Gasteiger partial charge in [0.25, 0.3) is 0 Å². The summed E-state index contributed by atoms with van der Waals surface area (Å²) in [7, 11) is -8.38. The van der Waals surface area contributed by atoms with E-state index in [1.807, 2.05) is 60.4 Å². The van der Waals surface area contributed by atoms with E-state index in [1.165, 1.54) is 128 Å². The highest BCUT2D eigenvalue weighted by atomic mass is 30.2. The molecule has 5 heteroatoms. The molecule has 0 aromatic heterocycles. The summed E-state index contributed by atoms with van der Waals surface area (Å²) in [5.74, 6) is 0. The second-order valence-electron chi connectivity index (χ2n) is 23.5. The summed E-state index contributed by atoms with van der Waals surface area (Å²) in [5.41, 5.74) is 0. The van der Waals surface area contributed by atoms with Crippen molar-refractivity contribution in [2.24, 2.45) is 0 Å². The third-order valence-corrected chi connectivity index (χ3v) is 137. The van der Waals surface area contributed by atoms with Crippen LogP contribution in [0, 0.1) is 0 Å². The molecular weight excluding hydrogens is 861 g/mol. The minimum atomic E-state index is -1.68. The Morgan fingerprint density at radius 2 is 0.215 bits per heavy atom. The number of unbranched alkanes of at least 4 members (excludes halogenated alkanes) is 30. The van der Waals surface area contributed by atoms with E-state index in [-0.39, 0.29) is 0 Å². The Morgan fingerprint density at radius 1 is 0.123 bits per heavy atom. The minimum Gasteiger partial charge on any atom is -0.0654 e. The Balaban J connectivity index is 5.07. The highest BCUT2D eigenvalue weighted by molar-refractivity contribution is 8.14. The molecule has 0 aliphatic carbocycles. The maximum Gasteiger partial charge on any atom is 0.0378 e. The lowest BCUT2D eigenvalue weighted by Crippen LogP contribution is -2.77. The van der Waals surface area contributed by atoms with Crippen LogP contribution in [-0.2, 0) is 0 Å². The molecular formula is C60H130Si5. The zero-order valence-corrected chi connectivity index (χ0v) is 52.9. The molecule has 1 rings (SSSR count). The van der Waals surface area contributed by atoms with Gasteiger partial charge < -0.3 is 0 Å². The smallest absolute Gasteiger partial charge is 0.0378 e. The lowest BCUT2D eigenvalue weighted by Gasteiger charge is -2.57. The molecule has 0 nitrogen and oxygen atoms in total. The Kier molecular flexibility index (Phi) is 40.1. The quantitative estimate of drug-likeness (QED) is 0.0421. The van der Waals surface area contributed by atoms with Crippen LogP contribution in [0.25, 0.3) is 0 Å². The minimum absolute atomic E-state index is 1.43. The van der Waals surface area contributed by atoms with Gasteiger partial charge in [0.15, 0.2) is 0 Å². The van der Waals surface area contributed by atoms with Crippen LogP contribution >= 0.6 is 0 Å². The Hall–Kier alpha value is 1.08. The lowest BCUT2D eigenvalue weighted by atomic mass is 10.2. The molecule has 0 unspecified atom stereocenters. The molecule has 65 heavy (non-hydrogen) atoms. The predicted octanol–water partition coefficient (Wildman–Crippen LogP) is 23.4. The van der Waals surface area contributed by atoms with Crippen molar-refractivity contribution in [1.29, 1.82) is 0 Å². The van der Waals surface area contributed by atoms with Gasteiger partial charge in [-0.05, 0) is 0 Å². The Labute approximate surface area is 419 Å². The molecule has 0 saturated carbocycles. The first-order valence-electron chi connectivity index (χ1n) is 31.9. The molecule has 390 valence electrons. The van der Waals surface area contributed by atoms with E-state index >= 15 is 0 Å². The summed E-state index contributed by atoms with van der Waals surface area (Å²) in [6.07, 6.45) is 62.4. The normalized spacial score (nSPS) is 17.1. The fourth-order valence-corrected chi connectivity index (χ4v) is 238. The molecule has 0 radical (unpaired) electrons. The van der Waals surface area contributed by atoms with E-state index in [1.54, 1.807) is 128 Å². The average Bonchev–Trinajstić information content (AvgIpc) is 3.43. The van der Waals surface area contributed by atoms with Gasteiger partial charge in [0.1, 0.15) is 0 Å². The molecule has 0 N–H and O–H groups in total. The Morgan fingerprint density at radius 3 is 0.292 bits per heavy atom. The molecule has 1 fully saturated rings. The van der Waals surface area contributed by atoms with Crippen LogP contribution in [0.1, 0.15) is 326 Å². The van der Waals surface area contributed by atoms with Crippen LogP contribution in [0.5, 0.6) is 0 Å². The first-order chi connectivity index (χ1) is 31.9. The third kappa shape index (κ3) is 19.2. The van der Waals surface area contributed by atoms with E-state index in [0.717, 1.165) is 0 Å². The summed E-state index contributed by atoms with van der Waals surface area (Å²) in [5, 5.41) is 0. The highest BCUT2D eigenvalue weighted by Crippen LogP contribution is 2.67. The van der Waals surface area contributed by atoms with Gasteiger partial charge in [0.05, 0.1) is 0 Å². The standard InChI is InChI=1S/C60H130Si5/c1-11-21-31-41-51-61(52-42-32-22-12-2)62(53-43-33-23-13-3,54-44-34-24-14-4)64(57-47-37-27-17-7,58-48-38-28-18-8)65(59-49-39-29-19-9,60-50-40-30-20-10)63(61,55-45-35-25-15-5)56-46-36-26-16-6/h11-60H2,1-10H3. The van der Waals surface area contributed by atoms with Crippen LogP contribution in [0.3, 0.4) is 0 Å². The predicted molar refractivity (Wildman–Crippen MR) is 318 cm³/mol. The molecule has 1 saturated heterocycles. The van der Waals surface area contributed by atoms with Gasteiger partial charge in [-0.2, -0.15) is 0 Å². The van der Waals surface area contributed by atoms with E-state index < -0.39 is 35.5 Å². The SMILES string of the molecule is CCCCCC[Si]1(CCCCCC)[Si](CCCCCC)(CCCCCC)[Si](CCCCCC)(CCCCCC)[Si](CCCCCC)(CCCCCC)[Si]1(CCCCCC)CCCCCC. The fourth-order valence-electron chi connectivity index (χ4n) is 16.2. The first-order valence-corrected chi connectivity index (χ1v) is 48.9. The van der Waals surface area contributed by atoms with Crippen LogP contribution in [-0.4, -0.2) is 35.5 Å². The van der Waals surface area contributed by atoms with Crippen LogP contribution in [0.4, 0.5) is 0 Å². The van der Waals surface area contributed by atoms with Crippen molar-refractivity contribution in [3.8, 4) is 0 Å². The molecule has 1 aliphatic rings. The maximum absolute atomic E-state index is 2.53. The molecule has 0 bridgehead atoms. The van der Waals surface area contributed by atoms with Gasteiger partial charge in [-0.1, -0.05) is 387 Å². The van der Waals surface area contributed by atoms with Gasteiger partial charge in [-0.15, -0.1) is 0 Å². The van der Waals surface area contributed by atoms with Gasteiger partial charge in [-0.3, -0.25) is 0 Å². The van der Waals surface area contributed by atoms with Crippen molar-refractivity contribution in [3.05, 3.63) is 0 Å². The van der Waals surface area contributed by atoms with Crippen molar-refractivity contribution in [2.45, 2.75) is 387 Å². The summed E-state index contributed by atoms with van der Waals surface area (Å²) in [6.45, 7) is 25.3. The van der Waals surface area contributed by atoms with E-state index in [9.17, 15) is 0 Å². The summed E-state index contributed by atoms with van der Waals surface area (Å²) in [4.78, 5) is 0. The van der Waals surface area contributed by atoms with Crippen LogP contribution < -0.4 is 0 Å². The number of rotatable bonds is 50. The van der Waals surface area contributed by atoms with Crippen LogP contribution in [0.15, 0.2) is 0 Å². The molecule has 1 heterocycles. The van der Waals surface area contributed by atoms with Crippen molar-refractivity contribution >= 4 is 35.5 Å². The average molecular weight is 992 g/mol. The maximum atomic E-state index is 2.53. The monoisotopic (exact) mass is 991 g/mol. The van der Waals surface area contributed by atoms with E-state index in [4.69, 9.17) is 0 Å². The Bertz CT molecular complexity index is 761. The van der Waals surface area contributed by atoms with Crippen LogP contribution in [0.2, 0.25) is 60.4 Å². The molecule has 1 aliphatic heterocycles. The highest BCUT2D eigenvalue weighted by Gasteiger charge is 2.85. The van der Waals surface area contributed by atoms with Gasteiger partial charge >= 0.3 is 0 Å². The molecule has 0 aromatic carbocycles. The largest absolute Gasteiger partial charge is 0.0654 e. The summed E-state index contributed by atoms with van der Waals surface area (Å²) < 4.78 is 0. The topological polar surface area (TPSA) is 0 Å². The number of hydrogen-bond acceptors (Lipinski definition) is 0. The molecule has 0 amide bonds. The van der Waals surface area contributed by atoms with Crippen molar-refractivity contribution in [3.63, 3.8) is 0 Å².